The number of benzene rings is 1. The van der Waals surface area contributed by atoms with Gasteiger partial charge in [-0.3, -0.25) is 14.5 Å². The van der Waals surface area contributed by atoms with Gasteiger partial charge < -0.3 is 25.2 Å². The molecule has 0 bridgehead atoms. The molecule has 0 unspecified atom stereocenters. The van der Waals surface area contributed by atoms with Crippen LogP contribution in [0.3, 0.4) is 0 Å². The summed E-state index contributed by atoms with van der Waals surface area (Å²) in [6, 6.07) is 11.3. The molecule has 1 aromatic carbocycles. The number of aromatic nitrogens is 2. The minimum absolute atomic E-state index is 0.118. The van der Waals surface area contributed by atoms with Gasteiger partial charge in [-0.25, -0.2) is 9.97 Å². The molecule has 0 atom stereocenters. The summed E-state index contributed by atoms with van der Waals surface area (Å²) >= 11 is 0. The highest BCUT2D eigenvalue weighted by Crippen LogP contribution is 2.35. The van der Waals surface area contributed by atoms with Crippen LogP contribution in [0.25, 0.3) is 5.57 Å². The van der Waals surface area contributed by atoms with Crippen LogP contribution in [0.15, 0.2) is 42.4 Å². The Hall–Kier alpha value is -4.17. The second-order valence-corrected chi connectivity index (χ2v) is 9.58. The predicted molar refractivity (Wildman–Crippen MR) is 142 cm³/mol. The Morgan fingerprint density at radius 3 is 2.55 bits per heavy atom. The van der Waals surface area contributed by atoms with Gasteiger partial charge in [-0.05, 0) is 37.5 Å². The third-order valence-corrected chi connectivity index (χ3v) is 6.99. The van der Waals surface area contributed by atoms with Crippen LogP contribution in [-0.4, -0.2) is 88.8 Å². The second kappa shape index (κ2) is 11.9. The van der Waals surface area contributed by atoms with Crippen LogP contribution < -0.4 is 15.4 Å². The molecule has 11 heteroatoms. The molecule has 198 valence electrons. The van der Waals surface area contributed by atoms with Crippen LogP contribution >= 0.6 is 0 Å². The number of ether oxygens (including phenoxy) is 1. The van der Waals surface area contributed by atoms with Crippen LogP contribution in [-0.2, 0) is 9.59 Å². The first-order valence-electron chi connectivity index (χ1n) is 13.1. The smallest absolute Gasteiger partial charge is 0.236 e. The summed E-state index contributed by atoms with van der Waals surface area (Å²) in [6.45, 7) is 5.47. The third kappa shape index (κ3) is 6.03. The number of hydrogen-bond donors (Lipinski definition) is 2. The first kappa shape index (κ1) is 25.5. The molecule has 0 saturated carbocycles. The van der Waals surface area contributed by atoms with Gasteiger partial charge in [0, 0.05) is 58.4 Å². The molecule has 0 radical (unpaired) electrons. The van der Waals surface area contributed by atoms with Gasteiger partial charge in [0.1, 0.15) is 11.6 Å². The van der Waals surface area contributed by atoms with Crippen molar-refractivity contribution in [3.63, 3.8) is 0 Å². The Morgan fingerprint density at radius 1 is 1.03 bits per heavy atom. The van der Waals surface area contributed by atoms with E-state index in [4.69, 9.17) is 4.74 Å². The number of nitrogens with one attached hydrogen (secondary N) is 2. The number of likely N-dealkylation sites (tertiary alicyclic amines) is 1. The fourth-order valence-corrected chi connectivity index (χ4v) is 4.85. The van der Waals surface area contributed by atoms with Crippen molar-refractivity contribution in [3.05, 3.63) is 48.1 Å². The van der Waals surface area contributed by atoms with E-state index in [0.717, 1.165) is 44.7 Å². The number of anilines is 2. The number of nitrogens with zero attached hydrogens (tertiary/aromatic N) is 6. The average Bonchev–Trinajstić information content (AvgIpc) is 3.63. The Morgan fingerprint density at radius 2 is 1.79 bits per heavy atom. The van der Waals surface area contributed by atoms with Crippen LogP contribution in [0, 0.1) is 11.3 Å². The Kier molecular flexibility index (Phi) is 7.99. The maximum atomic E-state index is 12.7. The van der Waals surface area contributed by atoms with Crippen LogP contribution in [0.1, 0.15) is 31.4 Å². The van der Waals surface area contributed by atoms with E-state index in [1.54, 1.807) is 12.3 Å². The number of piperazine rings is 1. The van der Waals surface area contributed by atoms with Gasteiger partial charge in [-0.15, -0.1) is 0 Å². The lowest BCUT2D eigenvalue weighted by atomic mass is 10.2. The molecule has 2 amide bonds. The molecule has 0 aliphatic carbocycles. The molecule has 1 aromatic heterocycles. The van der Waals surface area contributed by atoms with E-state index in [9.17, 15) is 14.9 Å². The van der Waals surface area contributed by atoms with E-state index in [-0.39, 0.29) is 17.4 Å². The van der Waals surface area contributed by atoms with Gasteiger partial charge in [-0.1, -0.05) is 12.1 Å². The summed E-state index contributed by atoms with van der Waals surface area (Å²) < 4.78 is 5.79. The molecule has 11 nitrogen and oxygen atoms in total. The number of hydrogen-bond acceptors (Lipinski definition) is 9. The minimum atomic E-state index is 0.118. The second-order valence-electron chi connectivity index (χ2n) is 9.58. The molecule has 3 aliphatic rings. The van der Waals surface area contributed by atoms with Crippen LogP contribution in [0.5, 0.6) is 5.75 Å². The topological polar surface area (TPSA) is 127 Å². The zero-order chi connectivity index (χ0) is 26.3. The molecule has 2 fully saturated rings. The van der Waals surface area contributed by atoms with E-state index in [2.05, 4.69) is 31.6 Å². The molecule has 2 saturated heterocycles. The number of allylic oxidation sites excluding steroid dienone is 1. The zero-order valence-corrected chi connectivity index (χ0v) is 21.4. The van der Waals surface area contributed by atoms with E-state index < -0.39 is 0 Å². The quantitative estimate of drug-likeness (QED) is 0.401. The van der Waals surface area contributed by atoms with Crippen LogP contribution in [0.2, 0.25) is 0 Å². The summed E-state index contributed by atoms with van der Waals surface area (Å²) in [5.41, 5.74) is 1.52. The fraction of sp³-hybridized carbons (Fsp3) is 0.444. The number of nitriles is 1. The van der Waals surface area contributed by atoms with Crippen molar-refractivity contribution >= 4 is 29.0 Å². The molecule has 2 aromatic rings. The number of carbonyl (C=O) groups excluding carboxylic acids is 2. The minimum Gasteiger partial charge on any atom is -0.437 e. The number of rotatable bonds is 8. The molecule has 5 rings (SSSR count). The summed E-state index contributed by atoms with van der Waals surface area (Å²) in [6.07, 6.45) is 4.83. The number of carbonyl (C=O) groups is 2. The summed E-state index contributed by atoms with van der Waals surface area (Å²) in [4.78, 5) is 39.7. The predicted octanol–water partition coefficient (Wildman–Crippen LogP) is 2.13. The highest BCUT2D eigenvalue weighted by Gasteiger charge is 2.25. The maximum Gasteiger partial charge on any atom is 0.236 e. The standard InChI is InChI=1S/C27H32N8O3/c28-18-20(26-31-22-6-1-2-7-23(22)38-26)21-9-11-30-27(32-21)29-10-5-8-24(36)35-16-14-33(15-17-35)19-25(37)34-12-3-4-13-34/h1-2,6-7,9,11,31H,3-5,8,10,12-17,19H2,(H,29,30,32)/b26-20+. The van der Waals surface area contributed by atoms with Crippen molar-refractivity contribution in [1.29, 1.82) is 5.26 Å². The SMILES string of the molecule is N#C/C(=C1/Nc2ccccc2O1)c1ccnc(NCCCC(=O)N2CCN(CC(=O)N3CCCC3)CC2)n1. The van der Waals surface area contributed by atoms with Gasteiger partial charge in [0.05, 0.1) is 17.9 Å². The third-order valence-electron chi connectivity index (χ3n) is 6.99. The Balaban J connectivity index is 1.06. The van der Waals surface area contributed by atoms with Gasteiger partial charge in [0.15, 0.2) is 5.75 Å². The van der Waals surface area contributed by atoms with E-state index in [1.165, 1.54) is 0 Å². The van der Waals surface area contributed by atoms with Crippen molar-refractivity contribution in [2.45, 2.75) is 25.7 Å². The van der Waals surface area contributed by atoms with E-state index in [1.807, 2.05) is 34.1 Å². The molecule has 2 N–H and O–H groups in total. The van der Waals surface area contributed by atoms with Crippen molar-refractivity contribution in [2.75, 3.05) is 63.0 Å². The van der Waals surface area contributed by atoms with Gasteiger partial charge in [0.25, 0.3) is 0 Å². The van der Waals surface area contributed by atoms with Crippen molar-refractivity contribution < 1.29 is 14.3 Å². The number of fused-ring (bicyclic) bond motifs is 1. The highest BCUT2D eigenvalue weighted by molar-refractivity contribution is 5.82. The van der Waals surface area contributed by atoms with Crippen LogP contribution in [0.4, 0.5) is 11.6 Å². The summed E-state index contributed by atoms with van der Waals surface area (Å²) in [7, 11) is 0. The van der Waals surface area contributed by atoms with Crippen molar-refractivity contribution in [2.24, 2.45) is 0 Å². The molecular weight excluding hydrogens is 484 g/mol. The lowest BCUT2D eigenvalue weighted by molar-refractivity contribution is -0.134. The van der Waals surface area contributed by atoms with E-state index in [0.29, 0.717) is 62.3 Å². The summed E-state index contributed by atoms with van der Waals surface area (Å²) in [5.74, 6) is 1.70. The molecular formula is C27H32N8O3. The van der Waals surface area contributed by atoms with E-state index >= 15 is 0 Å². The number of amides is 2. The lowest BCUT2D eigenvalue weighted by Crippen LogP contribution is -2.51. The molecule has 4 heterocycles. The van der Waals surface area contributed by atoms with Gasteiger partial charge in [0.2, 0.25) is 23.6 Å². The molecule has 3 aliphatic heterocycles. The van der Waals surface area contributed by atoms with Crippen molar-refractivity contribution in [3.8, 4) is 11.8 Å². The Bertz CT molecular complexity index is 1220. The molecule has 38 heavy (non-hydrogen) atoms. The summed E-state index contributed by atoms with van der Waals surface area (Å²) in [5, 5.41) is 16.0. The monoisotopic (exact) mass is 516 g/mol. The van der Waals surface area contributed by atoms with Gasteiger partial charge in [-0.2, -0.15) is 5.26 Å². The van der Waals surface area contributed by atoms with Gasteiger partial charge >= 0.3 is 0 Å². The molecule has 0 spiro atoms. The largest absolute Gasteiger partial charge is 0.437 e. The highest BCUT2D eigenvalue weighted by atomic mass is 16.5. The maximum absolute atomic E-state index is 12.7. The first-order valence-corrected chi connectivity index (χ1v) is 13.1. The zero-order valence-electron chi connectivity index (χ0n) is 21.4. The number of para-hydroxylation sites is 2. The average molecular weight is 517 g/mol. The Labute approximate surface area is 222 Å². The lowest BCUT2D eigenvalue weighted by Gasteiger charge is -2.35. The fourth-order valence-electron chi connectivity index (χ4n) is 4.85. The van der Waals surface area contributed by atoms with Crippen molar-refractivity contribution in [1.82, 2.24) is 24.7 Å². The normalized spacial score (nSPS) is 18.3. The first-order chi connectivity index (χ1) is 18.6.